The van der Waals surface area contributed by atoms with Crippen molar-refractivity contribution >= 4 is 17.2 Å². The molecule has 1 amide bonds. The first-order valence-electron chi connectivity index (χ1n) is 6.55. The highest BCUT2D eigenvalue weighted by atomic mass is 32.1. The summed E-state index contributed by atoms with van der Waals surface area (Å²) in [4.78, 5) is 15.8. The number of aryl methyl sites for hydroxylation is 1. The van der Waals surface area contributed by atoms with Crippen LogP contribution in [-0.4, -0.2) is 35.1 Å². The molecule has 0 spiro atoms. The zero-order valence-electron chi connectivity index (χ0n) is 11.3. The van der Waals surface area contributed by atoms with Crippen LogP contribution in [0.4, 0.5) is 0 Å². The molecule has 0 radical (unpaired) electrons. The average molecular weight is 288 g/mol. The van der Waals surface area contributed by atoms with Gasteiger partial charge in [-0.15, -0.1) is 11.3 Å². The largest absolute Gasteiger partial charge is 0.384 e. The minimum atomic E-state index is -0.184. The van der Waals surface area contributed by atoms with Crippen LogP contribution in [0, 0.1) is 30.1 Å². The number of carbonyl (C=O) groups is 1. The van der Waals surface area contributed by atoms with Crippen molar-refractivity contribution in [2.45, 2.75) is 32.2 Å². The van der Waals surface area contributed by atoms with Crippen LogP contribution < -0.4 is 0 Å². The lowest BCUT2D eigenvalue weighted by molar-refractivity contribution is 0.0751. The minimum Gasteiger partial charge on any atom is -0.384 e. The Bertz CT molecular complexity index is 600. The second-order valence-electron chi connectivity index (χ2n) is 4.72. The van der Waals surface area contributed by atoms with E-state index in [4.69, 9.17) is 10.4 Å². The molecule has 1 aromatic rings. The van der Waals surface area contributed by atoms with Crippen LogP contribution in [0.5, 0.6) is 0 Å². The molecule has 0 atom stereocenters. The lowest BCUT2D eigenvalue weighted by Gasteiger charge is -2.20. The molecule has 1 N–H and O–H groups in total. The number of hydrogen-bond donors (Lipinski definition) is 1. The van der Waals surface area contributed by atoms with Crippen LogP contribution in [0.1, 0.15) is 39.4 Å². The highest BCUT2D eigenvalue weighted by molar-refractivity contribution is 7.14. The second-order valence-corrected chi connectivity index (χ2v) is 5.77. The summed E-state index contributed by atoms with van der Waals surface area (Å²) in [5, 5.41) is 17.4. The number of nitrogens with zero attached hydrogens (tertiary/aromatic N) is 2. The highest BCUT2D eigenvalue weighted by Gasteiger charge is 2.33. The minimum absolute atomic E-state index is 0.00658. The van der Waals surface area contributed by atoms with Crippen LogP contribution in [0.2, 0.25) is 0 Å². The zero-order chi connectivity index (χ0) is 14.5. The molecule has 0 unspecified atom stereocenters. The third kappa shape index (κ3) is 3.39. The van der Waals surface area contributed by atoms with Gasteiger partial charge in [-0.05, 0) is 31.4 Å². The number of thiophene rings is 1. The van der Waals surface area contributed by atoms with Gasteiger partial charge < -0.3 is 10.0 Å². The van der Waals surface area contributed by atoms with Crippen LogP contribution in [0.15, 0.2) is 6.07 Å². The molecule has 0 bridgehead atoms. The standard InChI is InChI=1S/C15H16N2O2S/c1-11-10-14(20-13(11)4-2-9-18)15(19)17(8-3-7-16)12-5-6-12/h10,12,18H,3,5-6,8-9H2,1H3. The molecule has 5 heteroatoms. The molecular weight excluding hydrogens is 272 g/mol. The van der Waals surface area contributed by atoms with E-state index in [1.165, 1.54) is 11.3 Å². The highest BCUT2D eigenvalue weighted by Crippen LogP contribution is 2.30. The van der Waals surface area contributed by atoms with E-state index in [-0.39, 0.29) is 12.5 Å². The van der Waals surface area contributed by atoms with E-state index in [1.54, 1.807) is 4.90 Å². The average Bonchev–Trinajstić information content (AvgIpc) is 3.20. The Morgan fingerprint density at radius 3 is 2.95 bits per heavy atom. The van der Waals surface area contributed by atoms with Gasteiger partial charge in [0.05, 0.1) is 22.2 Å². The number of aliphatic hydroxyl groups is 1. The van der Waals surface area contributed by atoms with Crippen LogP contribution in [0.25, 0.3) is 0 Å². The molecule has 1 saturated carbocycles. The SMILES string of the molecule is Cc1cc(C(=O)N(CCC#N)C2CC2)sc1C#CCO. The van der Waals surface area contributed by atoms with Crippen molar-refractivity contribution in [3.8, 4) is 17.9 Å². The molecule has 1 aliphatic rings. The summed E-state index contributed by atoms with van der Waals surface area (Å²) in [6.45, 7) is 2.22. The molecule has 1 aromatic heterocycles. The molecule has 104 valence electrons. The van der Waals surface area contributed by atoms with Crippen molar-refractivity contribution in [1.82, 2.24) is 4.90 Å². The number of amides is 1. The summed E-state index contributed by atoms with van der Waals surface area (Å²) in [6, 6.07) is 4.23. The van der Waals surface area contributed by atoms with Crippen LogP contribution in [-0.2, 0) is 0 Å². The van der Waals surface area contributed by atoms with E-state index in [2.05, 4.69) is 17.9 Å². The lowest BCUT2D eigenvalue weighted by atomic mass is 10.2. The van der Waals surface area contributed by atoms with Crippen LogP contribution >= 0.6 is 11.3 Å². The normalized spacial score (nSPS) is 13.2. The maximum atomic E-state index is 12.5. The monoisotopic (exact) mass is 288 g/mol. The Balaban J connectivity index is 2.17. The summed E-state index contributed by atoms with van der Waals surface area (Å²) in [7, 11) is 0. The number of nitriles is 1. The van der Waals surface area contributed by atoms with Gasteiger partial charge in [-0.25, -0.2) is 0 Å². The molecule has 4 nitrogen and oxygen atoms in total. The third-order valence-corrected chi connectivity index (χ3v) is 4.26. The van der Waals surface area contributed by atoms with E-state index >= 15 is 0 Å². The van der Waals surface area contributed by atoms with E-state index < -0.39 is 0 Å². The quantitative estimate of drug-likeness (QED) is 0.861. The molecule has 0 saturated heterocycles. The van der Waals surface area contributed by atoms with Crippen molar-refractivity contribution in [3.63, 3.8) is 0 Å². The molecule has 0 aromatic carbocycles. The van der Waals surface area contributed by atoms with E-state index in [0.717, 1.165) is 23.3 Å². The Hall–Kier alpha value is -1.82. The van der Waals surface area contributed by atoms with Crippen molar-refractivity contribution in [1.29, 1.82) is 5.26 Å². The summed E-state index contributed by atoms with van der Waals surface area (Å²) in [5.74, 6) is 5.46. The maximum absolute atomic E-state index is 12.5. The first-order chi connectivity index (χ1) is 9.67. The fraction of sp³-hybridized carbons (Fsp3) is 0.467. The smallest absolute Gasteiger partial charge is 0.264 e. The Morgan fingerprint density at radius 1 is 1.60 bits per heavy atom. The van der Waals surface area contributed by atoms with E-state index in [0.29, 0.717) is 23.9 Å². The van der Waals surface area contributed by atoms with Crippen molar-refractivity contribution in [2.24, 2.45) is 0 Å². The molecule has 1 heterocycles. The number of hydrogen-bond acceptors (Lipinski definition) is 4. The summed E-state index contributed by atoms with van der Waals surface area (Å²) >= 11 is 1.36. The van der Waals surface area contributed by atoms with Crippen molar-refractivity contribution < 1.29 is 9.90 Å². The predicted octanol–water partition coefficient (Wildman–Crippen LogP) is 1.92. The van der Waals surface area contributed by atoms with Gasteiger partial charge in [0.15, 0.2) is 0 Å². The van der Waals surface area contributed by atoms with Gasteiger partial charge in [0.25, 0.3) is 5.91 Å². The Labute approximate surface area is 122 Å². The van der Waals surface area contributed by atoms with Crippen molar-refractivity contribution in [3.05, 3.63) is 21.4 Å². The predicted molar refractivity (Wildman–Crippen MR) is 77.3 cm³/mol. The zero-order valence-corrected chi connectivity index (χ0v) is 12.2. The summed E-state index contributed by atoms with van der Waals surface area (Å²) in [6.07, 6.45) is 2.42. The maximum Gasteiger partial charge on any atom is 0.264 e. The van der Waals surface area contributed by atoms with E-state index in [9.17, 15) is 4.79 Å². The topological polar surface area (TPSA) is 64.3 Å². The van der Waals surface area contributed by atoms with Gasteiger partial charge >= 0.3 is 0 Å². The molecule has 20 heavy (non-hydrogen) atoms. The van der Waals surface area contributed by atoms with Gasteiger partial charge in [0.2, 0.25) is 0 Å². The molecular formula is C15H16N2O2S. The second kappa shape index (κ2) is 6.56. The Kier molecular flexibility index (Phi) is 4.79. The van der Waals surface area contributed by atoms with Gasteiger partial charge in [-0.3, -0.25) is 4.79 Å². The third-order valence-electron chi connectivity index (χ3n) is 3.12. The first kappa shape index (κ1) is 14.6. The molecule has 2 rings (SSSR count). The van der Waals surface area contributed by atoms with Gasteiger partial charge in [-0.2, -0.15) is 5.26 Å². The fourth-order valence-electron chi connectivity index (χ4n) is 1.98. The van der Waals surface area contributed by atoms with Gasteiger partial charge in [0.1, 0.15) is 6.61 Å². The molecule has 1 aliphatic carbocycles. The first-order valence-corrected chi connectivity index (χ1v) is 7.37. The van der Waals surface area contributed by atoms with Crippen molar-refractivity contribution in [2.75, 3.05) is 13.2 Å². The van der Waals surface area contributed by atoms with Gasteiger partial charge in [-0.1, -0.05) is 11.8 Å². The molecule has 1 fully saturated rings. The Morgan fingerprint density at radius 2 is 2.35 bits per heavy atom. The number of carbonyl (C=O) groups excluding carboxylic acids is 1. The van der Waals surface area contributed by atoms with Crippen LogP contribution in [0.3, 0.4) is 0 Å². The number of aliphatic hydroxyl groups excluding tert-OH is 1. The van der Waals surface area contributed by atoms with Gasteiger partial charge in [0, 0.05) is 12.6 Å². The summed E-state index contributed by atoms with van der Waals surface area (Å²) < 4.78 is 0. The fourth-order valence-corrected chi connectivity index (χ4v) is 2.98. The number of rotatable bonds is 4. The van der Waals surface area contributed by atoms with E-state index in [1.807, 2.05) is 13.0 Å². The summed E-state index contributed by atoms with van der Waals surface area (Å²) in [5.41, 5.74) is 0.954. The lowest BCUT2D eigenvalue weighted by Crippen LogP contribution is -2.33. The molecule has 0 aliphatic heterocycles.